The predicted octanol–water partition coefficient (Wildman–Crippen LogP) is -0.239. The number of anilines is 2. The van der Waals surface area contributed by atoms with E-state index in [1.807, 2.05) is 0 Å². The number of nitrogens with two attached hydrogens (primary N) is 1. The molecule has 0 spiro atoms. The summed E-state index contributed by atoms with van der Waals surface area (Å²) in [7, 11) is 0. The summed E-state index contributed by atoms with van der Waals surface area (Å²) in [6.45, 7) is 1.26. The molecule has 0 saturated heterocycles. The van der Waals surface area contributed by atoms with Crippen LogP contribution in [0.1, 0.15) is 18.3 Å². The number of rotatable bonds is 1. The second-order valence-corrected chi connectivity index (χ2v) is 2.56. The zero-order valence-electron chi connectivity index (χ0n) is 7.77. The average molecular weight is 202 g/mol. The maximum absolute atomic E-state index is 10.8. The van der Waals surface area contributed by atoms with Gasteiger partial charge in [-0.05, 0) is 0 Å². The first-order chi connectivity index (χ1) is 7.08. The molecule has 1 aromatic heterocycles. The molecular weight excluding hydrogens is 196 g/mol. The SMILES string of the molecule is CC(=O)Nc1nc(C#N)c(N)nc1C#N. The summed E-state index contributed by atoms with van der Waals surface area (Å²) in [6.07, 6.45) is 0. The van der Waals surface area contributed by atoms with E-state index < -0.39 is 5.91 Å². The number of amides is 1. The van der Waals surface area contributed by atoms with Crippen LogP contribution in [-0.2, 0) is 4.79 Å². The predicted molar refractivity (Wildman–Crippen MR) is 50.2 cm³/mol. The van der Waals surface area contributed by atoms with Gasteiger partial charge in [0.05, 0.1) is 0 Å². The van der Waals surface area contributed by atoms with Gasteiger partial charge in [0, 0.05) is 6.92 Å². The van der Waals surface area contributed by atoms with Crippen molar-refractivity contribution in [1.82, 2.24) is 9.97 Å². The summed E-state index contributed by atoms with van der Waals surface area (Å²) in [5.74, 6) is -0.603. The molecule has 0 aliphatic rings. The fourth-order valence-corrected chi connectivity index (χ4v) is 0.862. The zero-order valence-corrected chi connectivity index (χ0v) is 7.77. The highest BCUT2D eigenvalue weighted by Crippen LogP contribution is 2.13. The Bertz CT molecular complexity index is 495. The number of nitrogen functional groups attached to an aromatic ring is 1. The van der Waals surface area contributed by atoms with E-state index in [1.165, 1.54) is 6.92 Å². The van der Waals surface area contributed by atoms with E-state index in [9.17, 15) is 4.79 Å². The molecule has 0 aliphatic heterocycles. The number of aromatic nitrogens is 2. The van der Waals surface area contributed by atoms with Crippen molar-refractivity contribution in [2.24, 2.45) is 0 Å². The van der Waals surface area contributed by atoms with Gasteiger partial charge in [-0.3, -0.25) is 4.79 Å². The number of carbonyl (C=O) groups is 1. The lowest BCUT2D eigenvalue weighted by Crippen LogP contribution is -2.12. The Morgan fingerprint density at radius 3 is 2.40 bits per heavy atom. The van der Waals surface area contributed by atoms with Gasteiger partial charge in [-0.15, -0.1) is 0 Å². The molecule has 0 aliphatic carbocycles. The molecule has 0 unspecified atom stereocenters. The summed E-state index contributed by atoms with van der Waals surface area (Å²) < 4.78 is 0. The van der Waals surface area contributed by atoms with Crippen LogP contribution in [0.3, 0.4) is 0 Å². The third kappa shape index (κ3) is 2.17. The summed E-state index contributed by atoms with van der Waals surface area (Å²) >= 11 is 0. The molecule has 0 fully saturated rings. The van der Waals surface area contributed by atoms with Crippen LogP contribution in [0, 0.1) is 22.7 Å². The fraction of sp³-hybridized carbons (Fsp3) is 0.125. The minimum atomic E-state index is -0.408. The van der Waals surface area contributed by atoms with Gasteiger partial charge in [0.2, 0.25) is 5.91 Å². The molecule has 1 heterocycles. The van der Waals surface area contributed by atoms with Crippen LogP contribution in [-0.4, -0.2) is 15.9 Å². The van der Waals surface area contributed by atoms with Crippen molar-refractivity contribution in [2.45, 2.75) is 6.92 Å². The van der Waals surface area contributed by atoms with Crippen molar-refractivity contribution in [3.05, 3.63) is 11.4 Å². The fourth-order valence-electron chi connectivity index (χ4n) is 0.862. The molecule has 1 amide bonds. The minimum Gasteiger partial charge on any atom is -0.381 e. The standard InChI is InChI=1S/C8H6N6O/c1-4(15)12-8-6(3-10)13-7(11)5(2-9)14-8/h1H3,(H2,11,13)(H,12,14,15). The number of hydrogen-bond donors (Lipinski definition) is 2. The van der Waals surface area contributed by atoms with Gasteiger partial charge in [-0.1, -0.05) is 0 Å². The third-order valence-electron chi connectivity index (χ3n) is 1.43. The first kappa shape index (κ1) is 10.4. The zero-order chi connectivity index (χ0) is 11.4. The molecule has 15 heavy (non-hydrogen) atoms. The third-order valence-corrected chi connectivity index (χ3v) is 1.43. The van der Waals surface area contributed by atoms with Crippen molar-refractivity contribution in [1.29, 1.82) is 10.5 Å². The normalized spacial score (nSPS) is 8.73. The lowest BCUT2D eigenvalue weighted by molar-refractivity contribution is -0.114. The number of nitrogens with one attached hydrogen (secondary N) is 1. The van der Waals surface area contributed by atoms with E-state index in [0.717, 1.165) is 0 Å². The van der Waals surface area contributed by atoms with E-state index in [0.29, 0.717) is 0 Å². The van der Waals surface area contributed by atoms with Crippen molar-refractivity contribution < 1.29 is 4.79 Å². The van der Waals surface area contributed by atoms with Gasteiger partial charge in [-0.2, -0.15) is 10.5 Å². The van der Waals surface area contributed by atoms with Gasteiger partial charge >= 0.3 is 0 Å². The maximum Gasteiger partial charge on any atom is 0.222 e. The molecule has 0 aromatic carbocycles. The Kier molecular flexibility index (Phi) is 2.79. The van der Waals surface area contributed by atoms with Gasteiger partial charge in [-0.25, -0.2) is 9.97 Å². The topological polar surface area (TPSA) is 128 Å². The van der Waals surface area contributed by atoms with E-state index in [-0.39, 0.29) is 23.0 Å². The largest absolute Gasteiger partial charge is 0.381 e. The summed E-state index contributed by atoms with van der Waals surface area (Å²) in [4.78, 5) is 18.1. The Labute approximate surface area is 85.2 Å². The van der Waals surface area contributed by atoms with E-state index >= 15 is 0 Å². The molecule has 0 bridgehead atoms. The molecule has 1 rings (SSSR count). The van der Waals surface area contributed by atoms with Crippen molar-refractivity contribution >= 4 is 17.5 Å². The van der Waals surface area contributed by atoms with Gasteiger partial charge in [0.15, 0.2) is 23.0 Å². The van der Waals surface area contributed by atoms with Crippen molar-refractivity contribution in [3.63, 3.8) is 0 Å². The first-order valence-corrected chi connectivity index (χ1v) is 3.83. The van der Waals surface area contributed by atoms with Crippen LogP contribution in [0.5, 0.6) is 0 Å². The lowest BCUT2D eigenvalue weighted by Gasteiger charge is -2.04. The smallest absolute Gasteiger partial charge is 0.222 e. The van der Waals surface area contributed by atoms with Crippen molar-refractivity contribution in [2.75, 3.05) is 11.1 Å². The molecule has 0 saturated carbocycles. The van der Waals surface area contributed by atoms with E-state index in [4.69, 9.17) is 16.3 Å². The van der Waals surface area contributed by atoms with Crippen LogP contribution >= 0.6 is 0 Å². The van der Waals surface area contributed by atoms with E-state index in [1.54, 1.807) is 12.1 Å². The van der Waals surface area contributed by atoms with Crippen LogP contribution in [0.15, 0.2) is 0 Å². The molecule has 74 valence electrons. The Morgan fingerprint density at radius 1 is 1.33 bits per heavy atom. The second kappa shape index (κ2) is 4.03. The second-order valence-electron chi connectivity index (χ2n) is 2.56. The number of hydrogen-bond acceptors (Lipinski definition) is 6. The quantitative estimate of drug-likeness (QED) is 0.646. The summed E-state index contributed by atoms with van der Waals surface area (Å²) in [5, 5.41) is 19.6. The average Bonchev–Trinajstić information content (AvgIpc) is 2.19. The van der Waals surface area contributed by atoms with Crippen LogP contribution in [0.4, 0.5) is 11.6 Å². The molecule has 3 N–H and O–H groups in total. The number of carbonyl (C=O) groups excluding carboxylic acids is 1. The highest BCUT2D eigenvalue weighted by atomic mass is 16.1. The highest BCUT2D eigenvalue weighted by Gasteiger charge is 2.11. The van der Waals surface area contributed by atoms with Crippen LogP contribution in [0.2, 0.25) is 0 Å². The van der Waals surface area contributed by atoms with E-state index in [2.05, 4.69) is 15.3 Å². The molecule has 0 radical (unpaired) electrons. The van der Waals surface area contributed by atoms with Crippen LogP contribution in [0.25, 0.3) is 0 Å². The summed E-state index contributed by atoms with van der Waals surface area (Å²) in [5.41, 5.74) is 5.10. The molecular formula is C8H6N6O. The van der Waals surface area contributed by atoms with Crippen molar-refractivity contribution in [3.8, 4) is 12.1 Å². The minimum absolute atomic E-state index is 0.0595. The highest BCUT2D eigenvalue weighted by molar-refractivity contribution is 5.88. The van der Waals surface area contributed by atoms with Gasteiger partial charge in [0.1, 0.15) is 12.1 Å². The van der Waals surface area contributed by atoms with Gasteiger partial charge in [0.25, 0.3) is 0 Å². The maximum atomic E-state index is 10.8. The monoisotopic (exact) mass is 202 g/mol. The summed E-state index contributed by atoms with van der Waals surface area (Å²) in [6, 6.07) is 3.42. The Morgan fingerprint density at radius 2 is 1.93 bits per heavy atom. The Balaban J connectivity index is 3.32. The number of nitrogens with zero attached hydrogens (tertiary/aromatic N) is 4. The first-order valence-electron chi connectivity index (χ1n) is 3.83. The van der Waals surface area contributed by atoms with Crippen LogP contribution < -0.4 is 11.1 Å². The molecule has 1 aromatic rings. The molecule has 7 nitrogen and oxygen atoms in total. The number of nitriles is 2. The molecule has 7 heteroatoms. The molecule has 0 atom stereocenters. The Hall–Kier alpha value is -2.67. The van der Waals surface area contributed by atoms with Gasteiger partial charge < -0.3 is 11.1 Å². The lowest BCUT2D eigenvalue weighted by atomic mass is 10.3.